The first-order valence-corrected chi connectivity index (χ1v) is 10.8. The van der Waals surface area contributed by atoms with Crippen molar-refractivity contribution in [3.63, 3.8) is 0 Å². The second-order valence-corrected chi connectivity index (χ2v) is 8.90. The minimum Gasteiger partial charge on any atom is -0.451 e. The molecule has 6 heteroatoms. The Balaban J connectivity index is 1.60. The highest BCUT2D eigenvalue weighted by atomic mass is 32.2. The van der Waals surface area contributed by atoms with Gasteiger partial charge in [0, 0.05) is 29.3 Å². The lowest BCUT2D eigenvalue weighted by atomic mass is 9.94. The SMILES string of the molecule is CC1CCNCC1NC(=O)c1oc2ccccc2c1CSc1cccs1. The summed E-state index contributed by atoms with van der Waals surface area (Å²) in [6.07, 6.45) is 1.08. The van der Waals surface area contributed by atoms with Crippen LogP contribution in [0, 0.1) is 5.92 Å². The molecular formula is C20H22N2O2S2. The van der Waals surface area contributed by atoms with Gasteiger partial charge in [-0.15, -0.1) is 23.1 Å². The Hall–Kier alpha value is -1.76. The Morgan fingerprint density at radius 2 is 2.23 bits per heavy atom. The van der Waals surface area contributed by atoms with Crippen molar-refractivity contribution in [2.75, 3.05) is 13.1 Å². The Kier molecular flexibility index (Phi) is 5.33. The molecule has 2 aromatic heterocycles. The molecule has 4 nitrogen and oxygen atoms in total. The standard InChI is InChI=1S/C20H22N2O2S2/c1-13-8-9-21-11-16(13)22-20(23)19-15(12-26-18-7-4-10-25-18)14-5-2-3-6-17(14)24-19/h2-7,10,13,16,21H,8-9,11-12H2,1H3,(H,22,23). The molecule has 2 atom stereocenters. The number of amides is 1. The molecule has 3 heterocycles. The zero-order valence-corrected chi connectivity index (χ0v) is 16.3. The van der Waals surface area contributed by atoms with E-state index < -0.39 is 0 Å². The highest BCUT2D eigenvalue weighted by Crippen LogP contribution is 2.33. The smallest absolute Gasteiger partial charge is 0.287 e. The number of thiophene rings is 1. The fourth-order valence-electron chi connectivity index (χ4n) is 3.33. The highest BCUT2D eigenvalue weighted by molar-refractivity contribution is 8.00. The number of carbonyl (C=O) groups excluding carboxylic acids is 1. The molecule has 136 valence electrons. The van der Waals surface area contributed by atoms with Gasteiger partial charge in [-0.3, -0.25) is 4.79 Å². The monoisotopic (exact) mass is 386 g/mol. The van der Waals surface area contributed by atoms with Crippen molar-refractivity contribution in [3.8, 4) is 0 Å². The van der Waals surface area contributed by atoms with Crippen LogP contribution in [0.4, 0.5) is 0 Å². The fourth-order valence-corrected chi connectivity index (χ4v) is 5.14. The zero-order valence-electron chi connectivity index (χ0n) is 14.7. The summed E-state index contributed by atoms with van der Waals surface area (Å²) in [4.78, 5) is 13.0. The van der Waals surface area contributed by atoms with Crippen LogP contribution >= 0.6 is 23.1 Å². The maximum absolute atomic E-state index is 13.0. The number of rotatable bonds is 5. The third-order valence-corrected chi connectivity index (χ3v) is 7.06. The quantitative estimate of drug-likeness (QED) is 0.633. The van der Waals surface area contributed by atoms with E-state index in [0.717, 1.165) is 41.8 Å². The molecule has 0 aliphatic carbocycles. The number of thioether (sulfide) groups is 1. The lowest BCUT2D eigenvalue weighted by molar-refractivity contribution is 0.0888. The normalized spacial score (nSPS) is 20.3. The van der Waals surface area contributed by atoms with Gasteiger partial charge in [0.25, 0.3) is 5.91 Å². The van der Waals surface area contributed by atoms with E-state index in [1.54, 1.807) is 23.1 Å². The zero-order chi connectivity index (χ0) is 17.9. The summed E-state index contributed by atoms with van der Waals surface area (Å²) >= 11 is 3.46. The van der Waals surface area contributed by atoms with E-state index in [9.17, 15) is 4.79 Å². The number of hydrogen-bond donors (Lipinski definition) is 2. The van der Waals surface area contributed by atoms with E-state index in [0.29, 0.717) is 11.7 Å². The number of carbonyl (C=O) groups is 1. The van der Waals surface area contributed by atoms with E-state index in [-0.39, 0.29) is 11.9 Å². The number of para-hydroxylation sites is 1. The molecule has 1 amide bonds. The van der Waals surface area contributed by atoms with Gasteiger partial charge in [-0.25, -0.2) is 0 Å². The minimum absolute atomic E-state index is 0.108. The largest absolute Gasteiger partial charge is 0.451 e. The van der Waals surface area contributed by atoms with Gasteiger partial charge in [0.2, 0.25) is 0 Å². The van der Waals surface area contributed by atoms with Gasteiger partial charge in [-0.1, -0.05) is 31.2 Å². The summed E-state index contributed by atoms with van der Waals surface area (Å²) in [5, 5.41) is 9.63. The second-order valence-electron chi connectivity index (χ2n) is 6.68. The van der Waals surface area contributed by atoms with Crippen molar-refractivity contribution in [2.45, 2.75) is 29.3 Å². The van der Waals surface area contributed by atoms with Crippen LogP contribution in [0.15, 0.2) is 50.4 Å². The van der Waals surface area contributed by atoms with E-state index in [1.165, 1.54) is 4.21 Å². The van der Waals surface area contributed by atoms with Gasteiger partial charge in [-0.05, 0) is 36.4 Å². The van der Waals surface area contributed by atoms with Crippen molar-refractivity contribution in [1.82, 2.24) is 10.6 Å². The second kappa shape index (κ2) is 7.86. The molecule has 0 saturated carbocycles. The summed E-state index contributed by atoms with van der Waals surface area (Å²) in [5.74, 6) is 1.53. The van der Waals surface area contributed by atoms with Gasteiger partial charge in [0.15, 0.2) is 5.76 Å². The van der Waals surface area contributed by atoms with Gasteiger partial charge >= 0.3 is 0 Å². The molecule has 26 heavy (non-hydrogen) atoms. The Morgan fingerprint density at radius 1 is 1.35 bits per heavy atom. The van der Waals surface area contributed by atoms with Gasteiger partial charge in [0.05, 0.1) is 4.21 Å². The molecule has 1 fully saturated rings. The van der Waals surface area contributed by atoms with Crippen LogP contribution in [0.3, 0.4) is 0 Å². The van der Waals surface area contributed by atoms with Crippen molar-refractivity contribution in [3.05, 3.63) is 53.1 Å². The summed E-state index contributed by atoms with van der Waals surface area (Å²) in [7, 11) is 0. The molecule has 1 aromatic carbocycles. The highest BCUT2D eigenvalue weighted by Gasteiger charge is 2.27. The lowest BCUT2D eigenvalue weighted by Crippen LogP contribution is -2.50. The summed E-state index contributed by atoms with van der Waals surface area (Å²) in [6.45, 7) is 4.02. The molecule has 4 rings (SSSR count). The fraction of sp³-hybridized carbons (Fsp3) is 0.350. The van der Waals surface area contributed by atoms with E-state index >= 15 is 0 Å². The number of piperidine rings is 1. The van der Waals surface area contributed by atoms with Crippen LogP contribution in [0.1, 0.15) is 29.5 Å². The topological polar surface area (TPSA) is 54.3 Å². The predicted octanol–water partition coefficient (Wildman–Crippen LogP) is 4.51. The number of furan rings is 1. The van der Waals surface area contributed by atoms with Gasteiger partial charge in [0.1, 0.15) is 5.58 Å². The van der Waals surface area contributed by atoms with Gasteiger partial charge in [-0.2, -0.15) is 0 Å². The van der Waals surface area contributed by atoms with Crippen LogP contribution < -0.4 is 10.6 Å². The number of fused-ring (bicyclic) bond motifs is 1. The molecule has 3 aromatic rings. The average Bonchev–Trinajstić information content (AvgIpc) is 3.29. The predicted molar refractivity (Wildman–Crippen MR) is 108 cm³/mol. The first kappa shape index (κ1) is 17.6. The first-order valence-electron chi connectivity index (χ1n) is 8.90. The van der Waals surface area contributed by atoms with Crippen LogP contribution in [-0.4, -0.2) is 25.0 Å². The van der Waals surface area contributed by atoms with Crippen LogP contribution in [0.2, 0.25) is 0 Å². The van der Waals surface area contributed by atoms with E-state index in [4.69, 9.17) is 4.42 Å². The molecular weight excluding hydrogens is 364 g/mol. The van der Waals surface area contributed by atoms with Crippen molar-refractivity contribution in [2.24, 2.45) is 5.92 Å². The van der Waals surface area contributed by atoms with Crippen molar-refractivity contribution in [1.29, 1.82) is 0 Å². The summed E-state index contributed by atoms with van der Waals surface area (Å²) < 4.78 is 7.21. The summed E-state index contributed by atoms with van der Waals surface area (Å²) in [5.41, 5.74) is 1.75. The molecule has 1 aliphatic heterocycles. The lowest BCUT2D eigenvalue weighted by Gasteiger charge is -2.30. The van der Waals surface area contributed by atoms with Crippen molar-refractivity contribution >= 4 is 40.0 Å². The summed E-state index contributed by atoms with van der Waals surface area (Å²) in [6, 6.07) is 12.2. The van der Waals surface area contributed by atoms with Crippen LogP contribution in [0.25, 0.3) is 11.0 Å². The Bertz CT molecular complexity index is 888. The Morgan fingerprint density at radius 3 is 3.04 bits per heavy atom. The molecule has 0 bridgehead atoms. The van der Waals surface area contributed by atoms with Crippen LogP contribution in [-0.2, 0) is 5.75 Å². The molecule has 1 aliphatic rings. The third-order valence-electron chi connectivity index (χ3n) is 4.90. The average molecular weight is 387 g/mol. The minimum atomic E-state index is -0.108. The molecule has 1 saturated heterocycles. The maximum atomic E-state index is 13.0. The molecule has 0 spiro atoms. The third kappa shape index (κ3) is 3.68. The number of nitrogens with one attached hydrogen (secondary N) is 2. The first-order chi connectivity index (χ1) is 12.7. The molecule has 2 N–H and O–H groups in total. The van der Waals surface area contributed by atoms with E-state index in [1.807, 2.05) is 30.3 Å². The maximum Gasteiger partial charge on any atom is 0.287 e. The molecule has 2 unspecified atom stereocenters. The number of benzene rings is 1. The van der Waals surface area contributed by atoms with Crippen LogP contribution in [0.5, 0.6) is 0 Å². The van der Waals surface area contributed by atoms with E-state index in [2.05, 4.69) is 29.0 Å². The Labute approximate surface area is 161 Å². The molecule has 0 radical (unpaired) electrons. The number of hydrogen-bond acceptors (Lipinski definition) is 5. The van der Waals surface area contributed by atoms with Gasteiger partial charge < -0.3 is 15.1 Å². The van der Waals surface area contributed by atoms with Crippen molar-refractivity contribution < 1.29 is 9.21 Å².